The first kappa shape index (κ1) is 15.1. The third-order valence-electron chi connectivity index (χ3n) is 2.65. The van der Waals surface area contributed by atoms with Gasteiger partial charge < -0.3 is 10.1 Å². The highest BCUT2D eigenvalue weighted by atomic mass is 79.9. The van der Waals surface area contributed by atoms with Gasteiger partial charge in [0.2, 0.25) is 5.91 Å². The standard InChI is InChI=1S/C15H16BrNO2S/c16-12-4-1-5-13(10-12)19-8-2-7-15(18)17-11-14-6-3-9-20-14/h1,3-6,9-10H,2,7-8,11H2,(H,17,18). The van der Waals surface area contributed by atoms with Crippen LogP contribution in [-0.4, -0.2) is 12.5 Å². The molecule has 1 amide bonds. The largest absolute Gasteiger partial charge is 0.494 e. The molecule has 0 fully saturated rings. The molecule has 2 rings (SSSR count). The third-order valence-corrected chi connectivity index (χ3v) is 4.02. The summed E-state index contributed by atoms with van der Waals surface area (Å²) in [5, 5.41) is 4.91. The van der Waals surface area contributed by atoms with Gasteiger partial charge in [0, 0.05) is 15.8 Å². The molecule has 1 aromatic carbocycles. The van der Waals surface area contributed by atoms with Crippen LogP contribution in [-0.2, 0) is 11.3 Å². The highest BCUT2D eigenvalue weighted by Crippen LogP contribution is 2.17. The Bertz CT molecular complexity index is 543. The van der Waals surface area contributed by atoms with Gasteiger partial charge in [0.25, 0.3) is 0 Å². The molecule has 1 N–H and O–H groups in total. The van der Waals surface area contributed by atoms with Crippen LogP contribution < -0.4 is 10.1 Å². The average Bonchev–Trinajstić information content (AvgIpc) is 2.95. The topological polar surface area (TPSA) is 38.3 Å². The number of hydrogen-bond donors (Lipinski definition) is 1. The second-order valence-corrected chi connectivity index (χ2v) is 6.21. The van der Waals surface area contributed by atoms with Crippen molar-refractivity contribution in [2.75, 3.05) is 6.61 Å². The van der Waals surface area contributed by atoms with E-state index in [2.05, 4.69) is 21.2 Å². The molecule has 0 atom stereocenters. The number of amides is 1. The predicted molar refractivity (Wildman–Crippen MR) is 85.0 cm³/mol. The Hall–Kier alpha value is -1.33. The second kappa shape index (κ2) is 8.07. The van der Waals surface area contributed by atoms with Crippen molar-refractivity contribution in [3.63, 3.8) is 0 Å². The van der Waals surface area contributed by atoms with Crippen LogP contribution in [0.4, 0.5) is 0 Å². The van der Waals surface area contributed by atoms with Gasteiger partial charge in [0.1, 0.15) is 5.75 Å². The lowest BCUT2D eigenvalue weighted by Gasteiger charge is -2.07. The number of carbonyl (C=O) groups is 1. The van der Waals surface area contributed by atoms with E-state index in [1.54, 1.807) is 11.3 Å². The van der Waals surface area contributed by atoms with Crippen LogP contribution in [0, 0.1) is 0 Å². The van der Waals surface area contributed by atoms with E-state index < -0.39 is 0 Å². The van der Waals surface area contributed by atoms with Crippen molar-refractivity contribution in [3.8, 4) is 5.75 Å². The maximum Gasteiger partial charge on any atom is 0.220 e. The van der Waals surface area contributed by atoms with E-state index in [0.29, 0.717) is 26.0 Å². The summed E-state index contributed by atoms with van der Waals surface area (Å²) >= 11 is 5.04. The van der Waals surface area contributed by atoms with Gasteiger partial charge in [-0.15, -0.1) is 11.3 Å². The van der Waals surface area contributed by atoms with Crippen LogP contribution in [0.1, 0.15) is 17.7 Å². The summed E-state index contributed by atoms with van der Waals surface area (Å²) in [5.41, 5.74) is 0. The van der Waals surface area contributed by atoms with Gasteiger partial charge in [-0.3, -0.25) is 4.79 Å². The van der Waals surface area contributed by atoms with Gasteiger partial charge in [-0.2, -0.15) is 0 Å². The molecular weight excluding hydrogens is 338 g/mol. The molecule has 0 bridgehead atoms. The Kier molecular flexibility index (Phi) is 6.08. The van der Waals surface area contributed by atoms with Gasteiger partial charge in [0.05, 0.1) is 13.2 Å². The van der Waals surface area contributed by atoms with Crippen molar-refractivity contribution >= 4 is 33.2 Å². The van der Waals surface area contributed by atoms with Crippen LogP contribution in [0.15, 0.2) is 46.3 Å². The molecule has 0 radical (unpaired) electrons. The van der Waals surface area contributed by atoms with Crippen LogP contribution in [0.2, 0.25) is 0 Å². The van der Waals surface area contributed by atoms with E-state index in [0.717, 1.165) is 10.2 Å². The summed E-state index contributed by atoms with van der Waals surface area (Å²) in [5.74, 6) is 0.884. The van der Waals surface area contributed by atoms with Crippen molar-refractivity contribution in [1.29, 1.82) is 0 Å². The van der Waals surface area contributed by atoms with Crippen molar-refractivity contribution < 1.29 is 9.53 Å². The van der Waals surface area contributed by atoms with Crippen molar-refractivity contribution in [2.24, 2.45) is 0 Å². The summed E-state index contributed by atoms with van der Waals surface area (Å²) in [4.78, 5) is 12.8. The van der Waals surface area contributed by atoms with E-state index in [1.807, 2.05) is 41.8 Å². The number of nitrogens with one attached hydrogen (secondary N) is 1. The zero-order valence-electron chi connectivity index (χ0n) is 11.0. The zero-order valence-corrected chi connectivity index (χ0v) is 13.4. The van der Waals surface area contributed by atoms with E-state index in [9.17, 15) is 4.79 Å². The molecule has 1 heterocycles. The van der Waals surface area contributed by atoms with Crippen molar-refractivity contribution in [1.82, 2.24) is 5.32 Å². The lowest BCUT2D eigenvalue weighted by Crippen LogP contribution is -2.22. The SMILES string of the molecule is O=C(CCCOc1cccc(Br)c1)NCc1cccs1. The number of ether oxygens (including phenoxy) is 1. The van der Waals surface area contributed by atoms with Crippen LogP contribution in [0.3, 0.4) is 0 Å². The number of thiophene rings is 1. The first-order chi connectivity index (χ1) is 9.74. The fourth-order valence-electron chi connectivity index (χ4n) is 1.67. The third kappa shape index (κ3) is 5.35. The minimum Gasteiger partial charge on any atom is -0.494 e. The van der Waals surface area contributed by atoms with E-state index in [4.69, 9.17) is 4.74 Å². The highest BCUT2D eigenvalue weighted by molar-refractivity contribution is 9.10. The van der Waals surface area contributed by atoms with Crippen LogP contribution in [0.25, 0.3) is 0 Å². The van der Waals surface area contributed by atoms with Crippen molar-refractivity contribution in [3.05, 3.63) is 51.1 Å². The maximum absolute atomic E-state index is 11.6. The highest BCUT2D eigenvalue weighted by Gasteiger charge is 2.02. The summed E-state index contributed by atoms with van der Waals surface area (Å²) in [6.45, 7) is 1.16. The number of carbonyl (C=O) groups excluding carboxylic acids is 1. The number of benzene rings is 1. The van der Waals surface area contributed by atoms with Gasteiger partial charge in [-0.25, -0.2) is 0 Å². The lowest BCUT2D eigenvalue weighted by molar-refractivity contribution is -0.121. The molecule has 3 nitrogen and oxygen atoms in total. The van der Waals surface area contributed by atoms with Crippen molar-refractivity contribution in [2.45, 2.75) is 19.4 Å². The molecule has 0 spiro atoms. The molecule has 0 aliphatic rings. The molecule has 20 heavy (non-hydrogen) atoms. The first-order valence-electron chi connectivity index (χ1n) is 6.41. The first-order valence-corrected chi connectivity index (χ1v) is 8.09. The normalized spacial score (nSPS) is 10.2. The molecule has 106 valence electrons. The summed E-state index contributed by atoms with van der Waals surface area (Å²) in [6, 6.07) is 11.7. The Balaban J connectivity index is 1.59. The molecule has 0 unspecified atom stereocenters. The summed E-state index contributed by atoms with van der Waals surface area (Å²) in [6.07, 6.45) is 1.20. The maximum atomic E-state index is 11.6. The molecule has 0 saturated carbocycles. The number of halogens is 1. The van der Waals surface area contributed by atoms with E-state index in [-0.39, 0.29) is 5.91 Å². The quantitative estimate of drug-likeness (QED) is 0.764. The second-order valence-electron chi connectivity index (χ2n) is 4.27. The van der Waals surface area contributed by atoms with Gasteiger partial charge in [0.15, 0.2) is 0 Å². The number of rotatable bonds is 7. The Morgan fingerprint density at radius 1 is 1.30 bits per heavy atom. The minimum absolute atomic E-state index is 0.0660. The zero-order chi connectivity index (χ0) is 14.2. The molecule has 0 aliphatic carbocycles. The fraction of sp³-hybridized carbons (Fsp3) is 0.267. The lowest BCUT2D eigenvalue weighted by atomic mass is 10.3. The van der Waals surface area contributed by atoms with Gasteiger partial charge >= 0.3 is 0 Å². The minimum atomic E-state index is 0.0660. The van der Waals surface area contributed by atoms with Gasteiger partial charge in [-0.1, -0.05) is 28.1 Å². The molecule has 0 saturated heterocycles. The van der Waals surface area contributed by atoms with E-state index >= 15 is 0 Å². The number of hydrogen-bond acceptors (Lipinski definition) is 3. The summed E-state index contributed by atoms with van der Waals surface area (Å²) in [7, 11) is 0. The van der Waals surface area contributed by atoms with E-state index in [1.165, 1.54) is 4.88 Å². The molecule has 0 aliphatic heterocycles. The molecule has 1 aromatic heterocycles. The average molecular weight is 354 g/mol. The Labute approximate surface area is 131 Å². The predicted octanol–water partition coefficient (Wildman–Crippen LogP) is 3.99. The van der Waals surface area contributed by atoms with Gasteiger partial charge in [-0.05, 0) is 36.1 Å². The van der Waals surface area contributed by atoms with Crippen LogP contribution >= 0.6 is 27.3 Å². The van der Waals surface area contributed by atoms with Crippen LogP contribution in [0.5, 0.6) is 5.75 Å². The smallest absolute Gasteiger partial charge is 0.220 e. The fourth-order valence-corrected chi connectivity index (χ4v) is 2.69. The Morgan fingerprint density at radius 2 is 2.20 bits per heavy atom. The monoisotopic (exact) mass is 353 g/mol. The molecular formula is C15H16BrNO2S. The molecule has 5 heteroatoms. The summed E-state index contributed by atoms with van der Waals surface area (Å²) < 4.78 is 6.57. The molecule has 2 aromatic rings. The Morgan fingerprint density at radius 3 is 2.95 bits per heavy atom.